The van der Waals surface area contributed by atoms with Gasteiger partial charge in [-0.25, -0.2) is 4.79 Å². The second-order valence-electron chi connectivity index (χ2n) is 5.76. The van der Waals surface area contributed by atoms with Gasteiger partial charge >= 0.3 is 5.97 Å². The zero-order valence-electron chi connectivity index (χ0n) is 13.3. The summed E-state index contributed by atoms with van der Waals surface area (Å²) in [7, 11) is 0. The molecule has 4 rings (SSSR count). The molecule has 0 aliphatic heterocycles. The number of carboxylic acid groups (broad SMARTS) is 1. The van der Waals surface area contributed by atoms with Gasteiger partial charge in [0, 0.05) is 11.1 Å². The van der Waals surface area contributed by atoms with Crippen molar-refractivity contribution in [2.45, 2.75) is 0 Å². The van der Waals surface area contributed by atoms with Crippen molar-refractivity contribution in [3.8, 4) is 22.7 Å². The van der Waals surface area contributed by atoms with Crippen LogP contribution in [0.5, 0.6) is 5.75 Å². The molecular weight excluding hydrogens is 314 g/mol. The van der Waals surface area contributed by atoms with E-state index in [1.165, 1.54) is 0 Å². The lowest BCUT2D eigenvalue weighted by Gasteiger charge is -2.12. The van der Waals surface area contributed by atoms with Crippen LogP contribution in [0.3, 0.4) is 0 Å². The van der Waals surface area contributed by atoms with Crippen molar-refractivity contribution in [2.75, 3.05) is 0 Å². The van der Waals surface area contributed by atoms with Crippen molar-refractivity contribution in [3.05, 3.63) is 84.4 Å². The van der Waals surface area contributed by atoms with Gasteiger partial charge in [-0.15, -0.1) is 0 Å². The average Bonchev–Trinajstić information content (AvgIpc) is 2.98. The van der Waals surface area contributed by atoms with E-state index in [1.807, 2.05) is 59.2 Å². The Balaban J connectivity index is 2.16. The molecule has 0 atom stereocenters. The molecule has 2 N–H and O–H groups in total. The van der Waals surface area contributed by atoms with Crippen LogP contribution < -0.4 is 0 Å². The highest BCUT2D eigenvalue weighted by molar-refractivity contribution is 6.10. The maximum Gasteiger partial charge on any atom is 0.338 e. The summed E-state index contributed by atoms with van der Waals surface area (Å²) in [6.07, 6.45) is 0. The van der Waals surface area contributed by atoms with E-state index in [1.54, 1.807) is 24.3 Å². The molecule has 0 spiro atoms. The Kier molecular flexibility index (Phi) is 3.51. The Labute approximate surface area is 144 Å². The third-order valence-corrected chi connectivity index (χ3v) is 4.24. The third kappa shape index (κ3) is 2.44. The number of benzene rings is 3. The zero-order valence-corrected chi connectivity index (χ0v) is 13.3. The van der Waals surface area contributed by atoms with Crippen LogP contribution in [0, 0.1) is 0 Å². The van der Waals surface area contributed by atoms with Gasteiger partial charge in [-0.3, -0.25) is 0 Å². The van der Waals surface area contributed by atoms with Crippen LogP contribution in [0.4, 0.5) is 0 Å². The number of hydrogen-bond acceptors (Lipinski definition) is 2. The average molecular weight is 329 g/mol. The van der Waals surface area contributed by atoms with E-state index in [4.69, 9.17) is 0 Å². The van der Waals surface area contributed by atoms with Crippen LogP contribution in [0.2, 0.25) is 0 Å². The number of para-hydroxylation sites is 1. The molecule has 0 unspecified atom stereocenters. The molecule has 122 valence electrons. The normalized spacial score (nSPS) is 10.9. The van der Waals surface area contributed by atoms with Crippen molar-refractivity contribution in [3.63, 3.8) is 0 Å². The number of rotatable bonds is 3. The Morgan fingerprint density at radius 2 is 1.44 bits per heavy atom. The lowest BCUT2D eigenvalue weighted by molar-refractivity contribution is 0.0700. The first-order valence-corrected chi connectivity index (χ1v) is 7.88. The number of fused-ring (bicyclic) bond motifs is 1. The van der Waals surface area contributed by atoms with Gasteiger partial charge in [0.2, 0.25) is 0 Å². The van der Waals surface area contributed by atoms with Gasteiger partial charge in [0.25, 0.3) is 0 Å². The lowest BCUT2D eigenvalue weighted by Crippen LogP contribution is -2.02. The molecule has 1 heterocycles. The second-order valence-corrected chi connectivity index (χ2v) is 5.76. The zero-order chi connectivity index (χ0) is 17.4. The van der Waals surface area contributed by atoms with Gasteiger partial charge in [0.1, 0.15) is 5.75 Å². The predicted octanol–water partition coefficient (Wildman–Crippen LogP) is 4.70. The molecule has 4 heteroatoms. The predicted molar refractivity (Wildman–Crippen MR) is 97.3 cm³/mol. The van der Waals surface area contributed by atoms with E-state index in [-0.39, 0.29) is 11.3 Å². The summed E-state index contributed by atoms with van der Waals surface area (Å²) in [4.78, 5) is 12.1. The maximum absolute atomic E-state index is 12.1. The molecule has 0 fully saturated rings. The highest BCUT2D eigenvalue weighted by atomic mass is 16.4. The van der Waals surface area contributed by atoms with Crippen molar-refractivity contribution in [1.82, 2.24) is 4.57 Å². The van der Waals surface area contributed by atoms with Gasteiger partial charge in [0.05, 0.1) is 16.8 Å². The topological polar surface area (TPSA) is 62.5 Å². The number of aromatic nitrogens is 1. The largest absolute Gasteiger partial charge is 0.508 e. The summed E-state index contributed by atoms with van der Waals surface area (Å²) in [5, 5.41) is 20.2. The summed E-state index contributed by atoms with van der Waals surface area (Å²) >= 11 is 0. The van der Waals surface area contributed by atoms with Crippen molar-refractivity contribution >= 4 is 16.9 Å². The molecule has 4 aromatic rings. The number of hydrogen-bond donors (Lipinski definition) is 2. The Hall–Kier alpha value is -3.53. The van der Waals surface area contributed by atoms with Crippen LogP contribution in [0.25, 0.3) is 27.8 Å². The molecule has 3 aromatic carbocycles. The molecule has 0 saturated carbocycles. The lowest BCUT2D eigenvalue weighted by atomic mass is 10.1. The number of carboxylic acids is 1. The highest BCUT2D eigenvalue weighted by Gasteiger charge is 2.23. The third-order valence-electron chi connectivity index (χ3n) is 4.24. The molecule has 0 radical (unpaired) electrons. The van der Waals surface area contributed by atoms with Gasteiger partial charge in [0.15, 0.2) is 0 Å². The summed E-state index contributed by atoms with van der Waals surface area (Å²) in [5.74, 6) is -0.799. The Morgan fingerprint density at radius 3 is 2.12 bits per heavy atom. The Bertz CT molecular complexity index is 1060. The number of aromatic hydroxyl groups is 1. The first-order valence-electron chi connectivity index (χ1n) is 7.88. The molecular formula is C21H15NO3. The van der Waals surface area contributed by atoms with Crippen LogP contribution in [0.1, 0.15) is 10.4 Å². The second kappa shape index (κ2) is 5.83. The van der Waals surface area contributed by atoms with Gasteiger partial charge in [-0.2, -0.15) is 0 Å². The number of carbonyl (C=O) groups is 1. The van der Waals surface area contributed by atoms with E-state index in [0.717, 1.165) is 16.8 Å². The fourth-order valence-corrected chi connectivity index (χ4v) is 3.20. The molecule has 0 aliphatic carbocycles. The quantitative estimate of drug-likeness (QED) is 0.572. The van der Waals surface area contributed by atoms with Crippen molar-refractivity contribution in [2.24, 2.45) is 0 Å². The van der Waals surface area contributed by atoms with E-state index in [9.17, 15) is 15.0 Å². The molecule has 25 heavy (non-hydrogen) atoms. The van der Waals surface area contributed by atoms with Crippen LogP contribution >= 0.6 is 0 Å². The smallest absolute Gasteiger partial charge is 0.338 e. The van der Waals surface area contributed by atoms with Gasteiger partial charge in [-0.05, 0) is 35.9 Å². The number of phenols is 1. The summed E-state index contributed by atoms with van der Waals surface area (Å²) < 4.78 is 1.92. The minimum atomic E-state index is -0.965. The van der Waals surface area contributed by atoms with Crippen LogP contribution in [0.15, 0.2) is 78.9 Å². The van der Waals surface area contributed by atoms with E-state index >= 15 is 0 Å². The van der Waals surface area contributed by atoms with Gasteiger partial charge < -0.3 is 14.8 Å². The summed E-state index contributed by atoms with van der Waals surface area (Å²) in [6.45, 7) is 0. The fraction of sp³-hybridized carbons (Fsp3) is 0. The summed E-state index contributed by atoms with van der Waals surface area (Å²) in [5.41, 5.74) is 3.32. The molecule has 0 aliphatic rings. The molecule has 0 bridgehead atoms. The molecule has 0 amide bonds. The fourth-order valence-electron chi connectivity index (χ4n) is 3.20. The minimum absolute atomic E-state index is 0.167. The first-order chi connectivity index (χ1) is 12.2. The number of phenolic OH excluding ortho intramolecular Hbond substituents is 1. The van der Waals surface area contributed by atoms with Crippen LogP contribution in [-0.4, -0.2) is 20.7 Å². The molecule has 1 aromatic heterocycles. The Morgan fingerprint density at radius 1 is 0.800 bits per heavy atom. The van der Waals surface area contributed by atoms with E-state index in [0.29, 0.717) is 11.1 Å². The minimum Gasteiger partial charge on any atom is -0.508 e. The highest BCUT2D eigenvalue weighted by Crippen LogP contribution is 2.36. The standard InChI is InChI=1S/C21H15NO3/c23-16-12-10-15(11-13-16)22-18-9-5-4-8-17(18)19(21(24)25)20(22)14-6-2-1-3-7-14/h1-13,23H,(H,24,25). The first kappa shape index (κ1) is 15.0. The van der Waals surface area contributed by atoms with Crippen LogP contribution in [-0.2, 0) is 0 Å². The SMILES string of the molecule is O=C(O)c1c(-c2ccccc2)n(-c2ccc(O)cc2)c2ccccc12. The molecule has 0 saturated heterocycles. The monoisotopic (exact) mass is 329 g/mol. The molecule has 4 nitrogen and oxygen atoms in total. The van der Waals surface area contributed by atoms with E-state index < -0.39 is 5.97 Å². The van der Waals surface area contributed by atoms with E-state index in [2.05, 4.69) is 0 Å². The number of aromatic carboxylic acids is 1. The summed E-state index contributed by atoms with van der Waals surface area (Å²) in [6, 6.07) is 23.7. The van der Waals surface area contributed by atoms with Crippen molar-refractivity contribution in [1.29, 1.82) is 0 Å². The van der Waals surface area contributed by atoms with Gasteiger partial charge in [-0.1, -0.05) is 48.5 Å². The van der Waals surface area contributed by atoms with Crippen molar-refractivity contribution < 1.29 is 15.0 Å². The maximum atomic E-state index is 12.1. The number of nitrogens with zero attached hydrogens (tertiary/aromatic N) is 1.